The third kappa shape index (κ3) is 5.65. The van der Waals surface area contributed by atoms with Crippen LogP contribution in [0.4, 0.5) is 11.6 Å². The molecule has 2 heterocycles. The van der Waals surface area contributed by atoms with Crippen molar-refractivity contribution < 1.29 is 29.6 Å². The first kappa shape index (κ1) is 22.4. The Morgan fingerprint density at radius 2 is 1.97 bits per heavy atom. The quantitative estimate of drug-likeness (QED) is 0.202. The van der Waals surface area contributed by atoms with Crippen molar-refractivity contribution in [1.82, 2.24) is 15.3 Å². The minimum atomic E-state index is -1.30. The monoisotopic (exact) mass is 444 g/mol. The number of anilines is 2. The van der Waals surface area contributed by atoms with Gasteiger partial charge in [-0.25, -0.2) is 4.79 Å². The van der Waals surface area contributed by atoms with E-state index in [0.29, 0.717) is 24.3 Å². The summed E-state index contributed by atoms with van der Waals surface area (Å²) in [6.07, 6.45) is -0.593. The molecule has 2 atom stereocenters. The fourth-order valence-electron chi connectivity index (χ4n) is 3.03. The number of carboxylic acid groups (broad SMARTS) is 2. The van der Waals surface area contributed by atoms with Gasteiger partial charge in [0.1, 0.15) is 18.6 Å². The fraction of sp³-hybridized carbons (Fsp3) is 0.316. The molecule has 8 N–H and O–H groups in total. The summed E-state index contributed by atoms with van der Waals surface area (Å²) in [7, 11) is 0. The van der Waals surface area contributed by atoms with Crippen molar-refractivity contribution in [3.8, 4) is 0 Å². The maximum Gasteiger partial charge on any atom is 0.352 e. The number of rotatable bonds is 9. The zero-order valence-corrected chi connectivity index (χ0v) is 16.8. The van der Waals surface area contributed by atoms with Gasteiger partial charge in [0.2, 0.25) is 5.36 Å². The van der Waals surface area contributed by atoms with Crippen molar-refractivity contribution in [1.29, 1.82) is 0 Å². The van der Waals surface area contributed by atoms with Crippen LogP contribution in [0.1, 0.15) is 23.2 Å². The molecule has 2 unspecified atom stereocenters. The minimum Gasteiger partial charge on any atom is -0.481 e. The summed E-state index contributed by atoms with van der Waals surface area (Å²) in [6, 6.07) is 4.76. The van der Waals surface area contributed by atoms with Crippen LogP contribution in [0.25, 0.3) is 0 Å². The van der Waals surface area contributed by atoms with Gasteiger partial charge in [-0.2, -0.15) is 0 Å². The number of aromatic nitrogens is 2. The normalized spacial score (nSPS) is 15.4. The standard InChI is InChI=1S/C19H21N7O6/c20-19-25-15-14(17(30)26-19)23-11(8-22-15)7-21-10-3-1-9(2-4-10)16(29)24-12(18(31)32)5-6-13(27)28/h1-4,11-12,21H,5-8H2,(H,24,29)(H,27,28)(H,31,32)(H3,20,22,25,26,30)/p+1. The third-order valence-corrected chi connectivity index (χ3v) is 4.67. The van der Waals surface area contributed by atoms with E-state index in [4.69, 9.17) is 15.9 Å². The second kappa shape index (κ2) is 9.68. The molecule has 2 aromatic rings. The number of carbonyl (C=O) groups is 3. The maximum absolute atomic E-state index is 12.3. The van der Waals surface area contributed by atoms with Gasteiger partial charge in [-0.1, -0.05) is 0 Å². The number of benzene rings is 1. The van der Waals surface area contributed by atoms with Crippen molar-refractivity contribution in [2.75, 3.05) is 24.1 Å². The largest absolute Gasteiger partial charge is 0.481 e. The van der Waals surface area contributed by atoms with E-state index in [2.05, 4.69) is 30.6 Å². The molecular weight excluding hydrogens is 422 g/mol. The zero-order valence-electron chi connectivity index (χ0n) is 16.8. The molecule has 0 bridgehead atoms. The number of fused-ring (bicyclic) bond motifs is 1. The molecule has 0 fully saturated rings. The number of aromatic amines is 1. The second-order valence-electron chi connectivity index (χ2n) is 7.07. The number of hydrogen-bond donors (Lipinski definition) is 7. The molecule has 3 rings (SSSR count). The molecule has 32 heavy (non-hydrogen) atoms. The third-order valence-electron chi connectivity index (χ3n) is 4.67. The molecule has 13 heteroatoms. The lowest BCUT2D eigenvalue weighted by molar-refractivity contribution is -0.509. The highest BCUT2D eigenvalue weighted by Crippen LogP contribution is 2.11. The summed E-state index contributed by atoms with van der Waals surface area (Å²) in [4.78, 5) is 59.9. The smallest absolute Gasteiger partial charge is 0.352 e. The predicted molar refractivity (Wildman–Crippen MR) is 109 cm³/mol. The maximum atomic E-state index is 12.3. The van der Waals surface area contributed by atoms with Crippen LogP contribution in [0.3, 0.4) is 0 Å². The molecule has 1 aromatic heterocycles. The van der Waals surface area contributed by atoms with Crippen LogP contribution < -0.4 is 37.8 Å². The Bertz CT molecular complexity index is 1210. The van der Waals surface area contributed by atoms with Gasteiger partial charge in [-0.15, -0.1) is 0 Å². The van der Waals surface area contributed by atoms with E-state index >= 15 is 0 Å². The number of nitrogen functional groups attached to an aromatic ring is 1. The highest BCUT2D eigenvalue weighted by atomic mass is 16.4. The number of nitrogens with zero attached hydrogens (tertiary/aromatic N) is 2. The van der Waals surface area contributed by atoms with Gasteiger partial charge in [-0.3, -0.25) is 29.4 Å². The Labute approximate surface area is 180 Å². The summed E-state index contributed by atoms with van der Waals surface area (Å²) in [6.45, 7) is 0.849. The van der Waals surface area contributed by atoms with Crippen molar-refractivity contribution >= 4 is 29.5 Å². The van der Waals surface area contributed by atoms with Crippen molar-refractivity contribution in [3.05, 3.63) is 51.0 Å². The van der Waals surface area contributed by atoms with E-state index in [9.17, 15) is 19.2 Å². The first-order valence-corrected chi connectivity index (χ1v) is 9.67. The lowest BCUT2D eigenvalue weighted by Crippen LogP contribution is -2.86. The van der Waals surface area contributed by atoms with E-state index < -0.39 is 29.4 Å². The van der Waals surface area contributed by atoms with Gasteiger partial charge in [-0.05, 0) is 35.7 Å². The predicted octanol–water partition coefficient (Wildman–Crippen LogP) is -3.79. The van der Waals surface area contributed by atoms with Gasteiger partial charge >= 0.3 is 23.4 Å². The number of carboxylic acids is 2. The van der Waals surface area contributed by atoms with Crippen LogP contribution >= 0.6 is 0 Å². The molecule has 1 amide bonds. The molecule has 1 aromatic carbocycles. The van der Waals surface area contributed by atoms with Gasteiger partial charge in [0.05, 0.1) is 0 Å². The summed E-state index contributed by atoms with van der Waals surface area (Å²) in [5.41, 5.74) is 6.33. The second-order valence-corrected chi connectivity index (χ2v) is 7.07. The molecule has 1 aliphatic rings. The molecule has 0 saturated carbocycles. The van der Waals surface area contributed by atoms with E-state index in [1.807, 2.05) is 0 Å². The number of nitrogens with one attached hydrogen (secondary N) is 4. The summed E-state index contributed by atoms with van der Waals surface area (Å²) >= 11 is 0. The van der Waals surface area contributed by atoms with Gasteiger partial charge in [0, 0.05) is 24.2 Å². The minimum absolute atomic E-state index is 0.00807. The summed E-state index contributed by atoms with van der Waals surface area (Å²) < 4.78 is 0. The van der Waals surface area contributed by atoms with Crippen molar-refractivity contribution in [2.45, 2.75) is 24.9 Å². The fourth-order valence-corrected chi connectivity index (χ4v) is 3.03. The topological polar surface area (TPSA) is 214 Å². The van der Waals surface area contributed by atoms with E-state index in [0.717, 1.165) is 0 Å². The number of aliphatic carboxylic acids is 2. The number of carbonyl (C=O) groups excluding carboxylic acids is 1. The summed E-state index contributed by atoms with van der Waals surface area (Å²) in [5.74, 6) is -3.06. The average molecular weight is 444 g/mol. The number of H-pyrrole nitrogens is 1. The van der Waals surface area contributed by atoms with Crippen LogP contribution in [-0.4, -0.2) is 63.2 Å². The number of hydrogen-bond acceptors (Lipinski definition) is 8. The first-order valence-electron chi connectivity index (χ1n) is 9.67. The lowest BCUT2D eigenvalue weighted by Gasteiger charge is -2.15. The molecule has 0 aliphatic carbocycles. The molecule has 0 spiro atoms. The van der Waals surface area contributed by atoms with Crippen molar-refractivity contribution in [2.24, 2.45) is 4.99 Å². The summed E-state index contributed by atoms with van der Waals surface area (Å²) in [5, 5.41) is 23.5. The molecule has 0 radical (unpaired) electrons. The molecule has 0 saturated heterocycles. The molecule has 168 valence electrons. The highest BCUT2D eigenvalue weighted by molar-refractivity contribution is 5.96. The van der Waals surface area contributed by atoms with E-state index in [-0.39, 0.29) is 35.8 Å². The Hall–Kier alpha value is -4.29. The van der Waals surface area contributed by atoms with Crippen molar-refractivity contribution in [3.63, 3.8) is 0 Å². The SMILES string of the molecule is Nc1nc2c(c(=O)[nH]1)=NC(CNc1ccc(C(=O)NC(CCC(=O)O)C(=O)O)cc1)C[NH+]=2. The van der Waals surface area contributed by atoms with Crippen LogP contribution in [0.5, 0.6) is 0 Å². The van der Waals surface area contributed by atoms with Crippen LogP contribution in [0, 0.1) is 0 Å². The Balaban J connectivity index is 1.59. The van der Waals surface area contributed by atoms with Crippen LogP contribution in [0.2, 0.25) is 0 Å². The molecule has 1 aliphatic heterocycles. The van der Waals surface area contributed by atoms with E-state index in [1.54, 1.807) is 12.1 Å². The van der Waals surface area contributed by atoms with Gasteiger partial charge in [0.15, 0.2) is 0 Å². The lowest BCUT2D eigenvalue weighted by atomic mass is 10.1. The Morgan fingerprint density at radius 3 is 2.62 bits per heavy atom. The van der Waals surface area contributed by atoms with Crippen LogP contribution in [-0.2, 0) is 9.59 Å². The zero-order chi connectivity index (χ0) is 23.3. The Morgan fingerprint density at radius 1 is 1.25 bits per heavy atom. The average Bonchev–Trinajstić information content (AvgIpc) is 2.75. The molecular formula is C19H22N7O6+. The van der Waals surface area contributed by atoms with Gasteiger partial charge in [0.25, 0.3) is 11.5 Å². The number of amides is 1. The first-order chi connectivity index (χ1) is 15.2. The Kier molecular flexibility index (Phi) is 6.77. The highest BCUT2D eigenvalue weighted by Gasteiger charge is 2.22. The van der Waals surface area contributed by atoms with Gasteiger partial charge < -0.3 is 26.6 Å². The van der Waals surface area contributed by atoms with E-state index in [1.165, 1.54) is 12.1 Å². The molecule has 13 nitrogen and oxygen atoms in total. The number of nitrogens with two attached hydrogens (primary N) is 1. The van der Waals surface area contributed by atoms with Crippen LogP contribution in [0.15, 0.2) is 34.1 Å².